The monoisotopic (exact) mass is 350 g/mol. The lowest BCUT2D eigenvalue weighted by molar-refractivity contribution is -0.137. The summed E-state index contributed by atoms with van der Waals surface area (Å²) in [5, 5.41) is 13.7. The van der Waals surface area contributed by atoms with Gasteiger partial charge in [-0.25, -0.2) is 4.79 Å². The van der Waals surface area contributed by atoms with Crippen LogP contribution in [0.15, 0.2) is 0 Å². The molecule has 0 aromatic rings. The topological polar surface area (TPSA) is 119 Å². The van der Waals surface area contributed by atoms with Crippen LogP contribution in [0.4, 0.5) is 4.79 Å². The van der Waals surface area contributed by atoms with Gasteiger partial charge < -0.3 is 15.7 Å². The Hall–Kier alpha value is -1.39. The maximum absolute atomic E-state index is 12.3. The number of hydrogen-bond acceptors (Lipinski definition) is 4. The molecule has 1 heterocycles. The summed E-state index contributed by atoms with van der Waals surface area (Å²) in [6.07, 6.45) is 2.79. The van der Waals surface area contributed by atoms with Gasteiger partial charge in [-0.15, -0.1) is 0 Å². The minimum absolute atomic E-state index is 0.00222. The predicted molar refractivity (Wildman–Crippen MR) is 85.2 cm³/mol. The molecule has 10 heteroatoms. The number of carboxylic acid groups (broad SMARTS) is 1. The molecule has 1 atom stereocenters. The number of carbonyl (C=O) groups excluding carboxylic acids is 1. The lowest BCUT2D eigenvalue weighted by Crippen LogP contribution is -2.53. The smallest absolute Gasteiger partial charge is 0.314 e. The van der Waals surface area contributed by atoms with Crippen LogP contribution in [0.25, 0.3) is 0 Å². The Labute approximate surface area is 137 Å². The van der Waals surface area contributed by atoms with Crippen molar-refractivity contribution in [2.75, 3.05) is 33.7 Å². The predicted octanol–water partition coefficient (Wildman–Crippen LogP) is -0.189. The van der Waals surface area contributed by atoms with E-state index in [4.69, 9.17) is 5.11 Å². The van der Waals surface area contributed by atoms with Gasteiger partial charge in [0.05, 0.1) is 0 Å². The second-order valence-corrected chi connectivity index (χ2v) is 7.78. The van der Waals surface area contributed by atoms with Gasteiger partial charge in [-0.05, 0) is 19.3 Å². The van der Waals surface area contributed by atoms with E-state index in [1.165, 1.54) is 22.7 Å². The third kappa shape index (κ3) is 6.32. The number of piperidine rings is 1. The fourth-order valence-electron chi connectivity index (χ4n) is 2.41. The molecule has 1 rings (SSSR count). The molecule has 9 nitrogen and oxygen atoms in total. The first-order chi connectivity index (χ1) is 10.7. The first-order valence-corrected chi connectivity index (χ1v) is 9.07. The fraction of sp³-hybridized carbons (Fsp3) is 0.846. The van der Waals surface area contributed by atoms with E-state index in [9.17, 15) is 18.0 Å². The molecule has 3 N–H and O–H groups in total. The average molecular weight is 350 g/mol. The molecular weight excluding hydrogens is 324 g/mol. The van der Waals surface area contributed by atoms with E-state index in [-0.39, 0.29) is 25.6 Å². The number of aliphatic carboxylic acids is 1. The van der Waals surface area contributed by atoms with Gasteiger partial charge in [-0.3, -0.25) is 4.79 Å². The van der Waals surface area contributed by atoms with E-state index in [1.807, 2.05) is 0 Å². The Morgan fingerprint density at radius 1 is 1.26 bits per heavy atom. The van der Waals surface area contributed by atoms with Crippen molar-refractivity contribution in [2.24, 2.45) is 0 Å². The van der Waals surface area contributed by atoms with Crippen molar-refractivity contribution in [1.29, 1.82) is 0 Å². The number of nitrogens with one attached hydrogen (secondary N) is 2. The van der Waals surface area contributed by atoms with Gasteiger partial charge in [-0.2, -0.15) is 17.0 Å². The summed E-state index contributed by atoms with van der Waals surface area (Å²) in [4.78, 5) is 22.0. The SMILES string of the molecule is CN(C)S(=O)(=O)N1CCCCC1CNC(=O)NCCCC(=O)O. The fourth-order valence-corrected chi connectivity index (χ4v) is 3.74. The van der Waals surface area contributed by atoms with E-state index in [0.717, 1.165) is 12.8 Å². The van der Waals surface area contributed by atoms with Crippen LogP contribution in [0.3, 0.4) is 0 Å². The Balaban J connectivity index is 2.44. The molecular formula is C13H26N4O5S. The molecule has 0 radical (unpaired) electrons. The minimum Gasteiger partial charge on any atom is -0.481 e. The Bertz CT molecular complexity index is 508. The van der Waals surface area contributed by atoms with Gasteiger partial charge >= 0.3 is 12.0 Å². The van der Waals surface area contributed by atoms with Gasteiger partial charge in [0.25, 0.3) is 10.2 Å². The molecule has 2 amide bonds. The molecule has 0 aromatic carbocycles. The van der Waals surface area contributed by atoms with Crippen molar-refractivity contribution in [1.82, 2.24) is 19.2 Å². The zero-order valence-electron chi connectivity index (χ0n) is 13.6. The number of urea groups is 1. The molecule has 1 aliphatic heterocycles. The van der Waals surface area contributed by atoms with E-state index < -0.39 is 22.2 Å². The number of carboxylic acids is 1. The number of rotatable bonds is 8. The van der Waals surface area contributed by atoms with Crippen LogP contribution in [-0.4, -0.2) is 73.9 Å². The summed E-state index contributed by atoms with van der Waals surface area (Å²) < 4.78 is 27.2. The van der Waals surface area contributed by atoms with Crippen LogP contribution in [0.5, 0.6) is 0 Å². The highest BCUT2D eigenvalue weighted by molar-refractivity contribution is 7.86. The third-order valence-electron chi connectivity index (χ3n) is 3.68. The summed E-state index contributed by atoms with van der Waals surface area (Å²) in [6.45, 7) is 0.952. The second-order valence-electron chi connectivity index (χ2n) is 5.68. The van der Waals surface area contributed by atoms with Gasteiger partial charge in [0, 0.05) is 46.2 Å². The number of amides is 2. The van der Waals surface area contributed by atoms with Crippen LogP contribution >= 0.6 is 0 Å². The van der Waals surface area contributed by atoms with E-state index in [1.54, 1.807) is 0 Å². The molecule has 0 aromatic heterocycles. The summed E-state index contributed by atoms with van der Waals surface area (Å²) in [6, 6.07) is -0.677. The summed E-state index contributed by atoms with van der Waals surface area (Å²) in [7, 11) is -0.518. The number of hydrogen-bond donors (Lipinski definition) is 3. The van der Waals surface area contributed by atoms with E-state index in [0.29, 0.717) is 19.4 Å². The molecule has 134 valence electrons. The summed E-state index contributed by atoms with van der Waals surface area (Å²) >= 11 is 0. The van der Waals surface area contributed by atoms with Gasteiger partial charge in [0.1, 0.15) is 0 Å². The molecule has 1 unspecified atom stereocenters. The summed E-state index contributed by atoms with van der Waals surface area (Å²) in [5.41, 5.74) is 0. The number of nitrogens with zero attached hydrogens (tertiary/aromatic N) is 2. The highest BCUT2D eigenvalue weighted by Gasteiger charge is 2.33. The molecule has 0 spiro atoms. The third-order valence-corrected chi connectivity index (χ3v) is 5.68. The number of carbonyl (C=O) groups is 2. The zero-order chi connectivity index (χ0) is 17.5. The van der Waals surface area contributed by atoms with Gasteiger partial charge in [-0.1, -0.05) is 6.42 Å². The Morgan fingerprint density at radius 2 is 1.96 bits per heavy atom. The highest BCUT2D eigenvalue weighted by atomic mass is 32.2. The van der Waals surface area contributed by atoms with Crippen LogP contribution in [0, 0.1) is 0 Å². The van der Waals surface area contributed by atoms with Crippen LogP contribution in [0.1, 0.15) is 32.1 Å². The molecule has 0 aliphatic carbocycles. The maximum Gasteiger partial charge on any atom is 0.314 e. The quantitative estimate of drug-likeness (QED) is 0.524. The van der Waals surface area contributed by atoms with E-state index in [2.05, 4.69) is 10.6 Å². The molecule has 0 saturated carbocycles. The Morgan fingerprint density at radius 3 is 2.57 bits per heavy atom. The first kappa shape index (κ1) is 19.7. The zero-order valence-corrected chi connectivity index (χ0v) is 14.4. The van der Waals surface area contributed by atoms with Crippen molar-refractivity contribution in [3.63, 3.8) is 0 Å². The normalized spacial score (nSPS) is 19.5. The second kappa shape index (κ2) is 9.04. The maximum atomic E-state index is 12.3. The minimum atomic E-state index is -3.50. The first-order valence-electron chi connectivity index (χ1n) is 7.68. The van der Waals surface area contributed by atoms with Crippen molar-refractivity contribution in [3.8, 4) is 0 Å². The van der Waals surface area contributed by atoms with Crippen molar-refractivity contribution >= 4 is 22.2 Å². The van der Waals surface area contributed by atoms with Crippen molar-refractivity contribution < 1.29 is 23.1 Å². The standard InChI is InChI=1S/C13H26N4O5S/c1-16(2)23(21,22)17-9-4-3-6-11(17)10-15-13(20)14-8-5-7-12(18)19/h11H,3-10H2,1-2H3,(H,18,19)(H2,14,15,20). The van der Waals surface area contributed by atoms with Gasteiger partial charge in [0.15, 0.2) is 0 Å². The van der Waals surface area contributed by atoms with Crippen molar-refractivity contribution in [3.05, 3.63) is 0 Å². The molecule has 0 bridgehead atoms. The molecule has 1 fully saturated rings. The summed E-state index contributed by atoms with van der Waals surface area (Å²) in [5.74, 6) is -0.904. The average Bonchev–Trinajstić information content (AvgIpc) is 2.49. The molecule has 23 heavy (non-hydrogen) atoms. The molecule has 1 aliphatic rings. The lowest BCUT2D eigenvalue weighted by atomic mass is 10.1. The van der Waals surface area contributed by atoms with E-state index >= 15 is 0 Å². The lowest BCUT2D eigenvalue weighted by Gasteiger charge is -2.36. The largest absolute Gasteiger partial charge is 0.481 e. The highest BCUT2D eigenvalue weighted by Crippen LogP contribution is 2.21. The van der Waals surface area contributed by atoms with Crippen LogP contribution in [0.2, 0.25) is 0 Å². The van der Waals surface area contributed by atoms with Gasteiger partial charge in [0.2, 0.25) is 0 Å². The van der Waals surface area contributed by atoms with Crippen molar-refractivity contribution in [2.45, 2.75) is 38.1 Å². The van der Waals surface area contributed by atoms with Crippen LogP contribution in [-0.2, 0) is 15.0 Å². The van der Waals surface area contributed by atoms with Crippen LogP contribution < -0.4 is 10.6 Å². The molecule has 1 saturated heterocycles. The Kier molecular flexibility index (Phi) is 7.73.